The SMILES string of the molecule is O=C(O)c1ccc(N2C(=O)C3CCCC3C2=O)nc1. The van der Waals surface area contributed by atoms with Crippen LogP contribution in [0.15, 0.2) is 18.3 Å². The maximum Gasteiger partial charge on any atom is 0.337 e. The van der Waals surface area contributed by atoms with Gasteiger partial charge in [-0.1, -0.05) is 6.42 Å². The lowest BCUT2D eigenvalue weighted by Crippen LogP contribution is -2.32. The van der Waals surface area contributed by atoms with E-state index in [-0.39, 0.29) is 35.0 Å². The van der Waals surface area contributed by atoms with Crippen LogP contribution in [0.5, 0.6) is 0 Å². The number of carbonyl (C=O) groups is 3. The number of carbonyl (C=O) groups excluding carboxylic acids is 2. The molecule has 1 aliphatic carbocycles. The molecule has 2 amide bonds. The number of carboxylic acids is 1. The lowest BCUT2D eigenvalue weighted by Gasteiger charge is -2.14. The van der Waals surface area contributed by atoms with E-state index in [0.717, 1.165) is 30.4 Å². The molecule has 2 aliphatic rings. The summed E-state index contributed by atoms with van der Waals surface area (Å²) in [7, 11) is 0. The smallest absolute Gasteiger partial charge is 0.337 e. The van der Waals surface area contributed by atoms with E-state index >= 15 is 0 Å². The van der Waals surface area contributed by atoms with Crippen molar-refractivity contribution in [3.8, 4) is 0 Å². The predicted octanol–water partition coefficient (Wildman–Crippen LogP) is 1.07. The Morgan fingerprint density at radius 2 is 1.84 bits per heavy atom. The highest BCUT2D eigenvalue weighted by Crippen LogP contribution is 2.41. The van der Waals surface area contributed by atoms with Gasteiger partial charge in [0.2, 0.25) is 11.8 Å². The number of aromatic carboxylic acids is 1. The summed E-state index contributed by atoms with van der Waals surface area (Å²) in [6, 6.07) is 2.75. The van der Waals surface area contributed by atoms with Gasteiger partial charge in [-0.3, -0.25) is 9.59 Å². The second-order valence-electron chi connectivity index (χ2n) is 4.87. The first kappa shape index (κ1) is 11.8. The second-order valence-corrected chi connectivity index (χ2v) is 4.87. The summed E-state index contributed by atoms with van der Waals surface area (Å²) in [6.45, 7) is 0. The average molecular weight is 260 g/mol. The zero-order valence-corrected chi connectivity index (χ0v) is 10.1. The van der Waals surface area contributed by atoms with E-state index < -0.39 is 5.97 Å². The highest BCUT2D eigenvalue weighted by molar-refractivity contribution is 6.21. The van der Waals surface area contributed by atoms with Crippen LogP contribution in [0.2, 0.25) is 0 Å². The summed E-state index contributed by atoms with van der Waals surface area (Å²) in [5, 5.41) is 8.79. The maximum absolute atomic E-state index is 12.2. The highest BCUT2D eigenvalue weighted by atomic mass is 16.4. The van der Waals surface area contributed by atoms with E-state index in [1.54, 1.807) is 0 Å². The summed E-state index contributed by atoms with van der Waals surface area (Å²) in [4.78, 5) is 40.1. The molecule has 1 saturated heterocycles. The van der Waals surface area contributed by atoms with E-state index in [2.05, 4.69) is 4.98 Å². The van der Waals surface area contributed by atoms with Crippen molar-refractivity contribution in [1.82, 2.24) is 4.98 Å². The lowest BCUT2D eigenvalue weighted by atomic mass is 10.00. The molecule has 0 radical (unpaired) electrons. The summed E-state index contributed by atoms with van der Waals surface area (Å²) < 4.78 is 0. The number of fused-ring (bicyclic) bond motifs is 1. The molecule has 1 aromatic rings. The number of nitrogens with zero attached hydrogens (tertiary/aromatic N) is 2. The molecule has 98 valence electrons. The van der Waals surface area contributed by atoms with Gasteiger partial charge in [0.25, 0.3) is 0 Å². The molecular formula is C13H12N2O4. The number of hydrogen-bond acceptors (Lipinski definition) is 4. The van der Waals surface area contributed by atoms with Gasteiger partial charge in [-0.15, -0.1) is 0 Å². The summed E-state index contributed by atoms with van der Waals surface area (Å²) in [5.74, 6) is -1.71. The topological polar surface area (TPSA) is 87.6 Å². The fourth-order valence-corrected chi connectivity index (χ4v) is 2.86. The molecule has 3 rings (SSSR count). The molecule has 2 unspecified atom stereocenters. The molecule has 1 aliphatic heterocycles. The molecule has 2 atom stereocenters. The van der Waals surface area contributed by atoms with Crippen LogP contribution < -0.4 is 4.90 Å². The summed E-state index contributed by atoms with van der Waals surface area (Å²) >= 11 is 0. The van der Waals surface area contributed by atoms with E-state index in [0.29, 0.717) is 0 Å². The van der Waals surface area contributed by atoms with Crippen molar-refractivity contribution in [3.05, 3.63) is 23.9 Å². The molecule has 19 heavy (non-hydrogen) atoms. The molecule has 2 heterocycles. The van der Waals surface area contributed by atoms with E-state index in [1.807, 2.05) is 0 Å². The van der Waals surface area contributed by atoms with Crippen LogP contribution >= 0.6 is 0 Å². The Hall–Kier alpha value is -2.24. The predicted molar refractivity (Wildman–Crippen MR) is 64.5 cm³/mol. The fourth-order valence-electron chi connectivity index (χ4n) is 2.86. The van der Waals surface area contributed by atoms with Gasteiger partial charge in [-0.2, -0.15) is 0 Å². The molecule has 6 nitrogen and oxygen atoms in total. The number of aromatic nitrogens is 1. The third kappa shape index (κ3) is 1.71. The van der Waals surface area contributed by atoms with Gasteiger partial charge in [-0.05, 0) is 25.0 Å². The van der Waals surface area contributed by atoms with Crippen molar-refractivity contribution in [1.29, 1.82) is 0 Å². The molecule has 0 aromatic carbocycles. The third-order valence-electron chi connectivity index (χ3n) is 3.82. The number of imide groups is 1. The Kier molecular flexibility index (Phi) is 2.58. The number of rotatable bonds is 2. The highest BCUT2D eigenvalue weighted by Gasteiger charge is 2.50. The Bertz CT molecular complexity index is 545. The quantitative estimate of drug-likeness (QED) is 0.803. The molecule has 0 spiro atoms. The van der Waals surface area contributed by atoms with Gasteiger partial charge in [0.15, 0.2) is 0 Å². The second kappa shape index (κ2) is 4.15. The van der Waals surface area contributed by atoms with Crippen LogP contribution in [0.25, 0.3) is 0 Å². The Labute approximate surface area is 109 Å². The third-order valence-corrected chi connectivity index (χ3v) is 3.82. The van der Waals surface area contributed by atoms with Gasteiger partial charge < -0.3 is 5.11 Å². The lowest BCUT2D eigenvalue weighted by molar-refractivity contribution is -0.122. The minimum atomic E-state index is -1.09. The summed E-state index contributed by atoms with van der Waals surface area (Å²) in [6.07, 6.45) is 3.57. The number of carboxylic acid groups (broad SMARTS) is 1. The molecular weight excluding hydrogens is 248 g/mol. The fraction of sp³-hybridized carbons (Fsp3) is 0.385. The first-order valence-electron chi connectivity index (χ1n) is 6.17. The van der Waals surface area contributed by atoms with Crippen molar-refractivity contribution >= 4 is 23.6 Å². The van der Waals surface area contributed by atoms with E-state index in [9.17, 15) is 14.4 Å². The normalized spacial score (nSPS) is 25.8. The zero-order valence-electron chi connectivity index (χ0n) is 10.1. The van der Waals surface area contributed by atoms with Crippen LogP contribution in [0.3, 0.4) is 0 Å². The molecule has 1 aromatic heterocycles. The van der Waals surface area contributed by atoms with Gasteiger partial charge >= 0.3 is 5.97 Å². The summed E-state index contributed by atoms with van der Waals surface area (Å²) in [5.41, 5.74) is 0.0306. The minimum Gasteiger partial charge on any atom is -0.478 e. The van der Waals surface area contributed by atoms with Crippen molar-refractivity contribution in [2.24, 2.45) is 11.8 Å². The van der Waals surface area contributed by atoms with Gasteiger partial charge in [-0.25, -0.2) is 14.7 Å². The van der Waals surface area contributed by atoms with Crippen LogP contribution in [0.4, 0.5) is 5.82 Å². The molecule has 0 bridgehead atoms. The Balaban J connectivity index is 1.92. The van der Waals surface area contributed by atoms with E-state index in [1.165, 1.54) is 12.1 Å². The number of pyridine rings is 1. The van der Waals surface area contributed by atoms with E-state index in [4.69, 9.17) is 5.11 Å². The largest absolute Gasteiger partial charge is 0.478 e. The number of anilines is 1. The zero-order chi connectivity index (χ0) is 13.6. The van der Waals surface area contributed by atoms with Crippen molar-refractivity contribution in [2.75, 3.05) is 4.90 Å². The standard InChI is InChI=1S/C13H12N2O4/c16-11-8-2-1-3-9(8)12(17)15(11)10-5-4-7(6-14-10)13(18)19/h4-6,8-9H,1-3H2,(H,18,19). The molecule has 1 N–H and O–H groups in total. The molecule has 1 saturated carbocycles. The Morgan fingerprint density at radius 1 is 1.21 bits per heavy atom. The minimum absolute atomic E-state index is 0.0306. The van der Waals surface area contributed by atoms with Gasteiger partial charge in [0.05, 0.1) is 17.4 Å². The van der Waals surface area contributed by atoms with Crippen molar-refractivity contribution in [3.63, 3.8) is 0 Å². The average Bonchev–Trinajstić information content (AvgIpc) is 2.95. The maximum atomic E-state index is 12.2. The van der Waals surface area contributed by atoms with Crippen molar-refractivity contribution in [2.45, 2.75) is 19.3 Å². The van der Waals surface area contributed by atoms with Crippen LogP contribution in [-0.4, -0.2) is 27.9 Å². The van der Waals surface area contributed by atoms with Gasteiger partial charge in [0, 0.05) is 6.20 Å². The van der Waals surface area contributed by atoms with Gasteiger partial charge in [0.1, 0.15) is 5.82 Å². The Morgan fingerprint density at radius 3 is 2.32 bits per heavy atom. The van der Waals surface area contributed by atoms with Crippen LogP contribution in [0, 0.1) is 11.8 Å². The first-order chi connectivity index (χ1) is 9.09. The van der Waals surface area contributed by atoms with Crippen LogP contribution in [-0.2, 0) is 9.59 Å². The molecule has 2 fully saturated rings. The van der Waals surface area contributed by atoms with Crippen molar-refractivity contribution < 1.29 is 19.5 Å². The number of hydrogen-bond donors (Lipinski definition) is 1. The number of amides is 2. The molecule has 6 heteroatoms. The first-order valence-corrected chi connectivity index (χ1v) is 6.17. The monoisotopic (exact) mass is 260 g/mol. The van der Waals surface area contributed by atoms with Crippen LogP contribution in [0.1, 0.15) is 29.6 Å².